The second-order valence-corrected chi connectivity index (χ2v) is 5.82. The second-order valence-electron chi connectivity index (χ2n) is 5.38. The minimum absolute atomic E-state index is 0.184. The summed E-state index contributed by atoms with van der Waals surface area (Å²) in [5.74, 6) is -0.303. The minimum Gasteiger partial charge on any atom is -0.308 e. The summed E-state index contributed by atoms with van der Waals surface area (Å²) in [6.07, 6.45) is 0. The first-order chi connectivity index (χ1) is 10.0. The Kier molecular flexibility index (Phi) is 5.74. The van der Waals surface area contributed by atoms with Crippen molar-refractivity contribution in [1.29, 1.82) is 0 Å². The van der Waals surface area contributed by atoms with E-state index in [1.165, 1.54) is 17.7 Å². The van der Waals surface area contributed by atoms with Crippen LogP contribution in [0.1, 0.15) is 17.2 Å². The third-order valence-electron chi connectivity index (χ3n) is 3.22. The van der Waals surface area contributed by atoms with Crippen LogP contribution in [-0.2, 0) is 6.54 Å². The molecule has 1 unspecified atom stereocenters. The van der Waals surface area contributed by atoms with Crippen LogP contribution < -0.4 is 5.32 Å². The summed E-state index contributed by atoms with van der Waals surface area (Å²) in [4.78, 5) is 2.13. The van der Waals surface area contributed by atoms with Gasteiger partial charge in [0.15, 0.2) is 0 Å². The average Bonchev–Trinajstić information content (AvgIpc) is 2.43. The fourth-order valence-electron chi connectivity index (χ4n) is 2.29. The first kappa shape index (κ1) is 16.0. The molecule has 112 valence electrons. The summed E-state index contributed by atoms with van der Waals surface area (Å²) < 4.78 is 13.4. The normalized spacial score (nSPS) is 12.6. The number of hydrogen-bond donors (Lipinski definition) is 1. The monoisotopic (exact) mass is 306 g/mol. The van der Waals surface area contributed by atoms with Crippen LogP contribution in [0.4, 0.5) is 4.39 Å². The molecule has 2 aromatic carbocycles. The van der Waals surface area contributed by atoms with Crippen molar-refractivity contribution in [2.45, 2.75) is 12.6 Å². The van der Waals surface area contributed by atoms with Crippen molar-refractivity contribution < 1.29 is 4.39 Å². The predicted molar refractivity (Wildman–Crippen MR) is 86.0 cm³/mol. The summed E-state index contributed by atoms with van der Waals surface area (Å²) in [5.41, 5.74) is 2.06. The maximum atomic E-state index is 13.4. The van der Waals surface area contributed by atoms with Crippen LogP contribution in [0.5, 0.6) is 0 Å². The molecule has 21 heavy (non-hydrogen) atoms. The highest BCUT2D eigenvalue weighted by Crippen LogP contribution is 2.17. The highest BCUT2D eigenvalue weighted by Gasteiger charge is 2.12. The molecule has 0 radical (unpaired) electrons. The quantitative estimate of drug-likeness (QED) is 0.871. The Bertz CT molecular complexity index is 552. The summed E-state index contributed by atoms with van der Waals surface area (Å²) in [6, 6.07) is 15.0. The van der Waals surface area contributed by atoms with Crippen molar-refractivity contribution in [3.63, 3.8) is 0 Å². The van der Waals surface area contributed by atoms with Crippen molar-refractivity contribution in [3.05, 3.63) is 70.5 Å². The molecule has 0 amide bonds. The van der Waals surface area contributed by atoms with Gasteiger partial charge in [-0.05, 0) is 43.4 Å². The smallest absolute Gasteiger partial charge is 0.125 e. The molecule has 0 spiro atoms. The summed E-state index contributed by atoms with van der Waals surface area (Å²) in [7, 11) is 4.08. The molecule has 0 saturated carbocycles. The molecule has 1 atom stereocenters. The van der Waals surface area contributed by atoms with E-state index < -0.39 is 0 Å². The second kappa shape index (κ2) is 7.55. The zero-order valence-electron chi connectivity index (χ0n) is 12.3. The van der Waals surface area contributed by atoms with Gasteiger partial charge in [-0.3, -0.25) is 0 Å². The van der Waals surface area contributed by atoms with Gasteiger partial charge in [-0.15, -0.1) is 0 Å². The van der Waals surface area contributed by atoms with Crippen LogP contribution in [0.15, 0.2) is 48.5 Å². The number of nitrogens with one attached hydrogen (secondary N) is 1. The lowest BCUT2D eigenvalue weighted by Crippen LogP contribution is -2.30. The van der Waals surface area contributed by atoms with Gasteiger partial charge in [0.1, 0.15) is 5.82 Å². The Balaban J connectivity index is 2.08. The maximum Gasteiger partial charge on any atom is 0.125 e. The van der Waals surface area contributed by atoms with Gasteiger partial charge < -0.3 is 10.2 Å². The first-order valence-corrected chi connectivity index (χ1v) is 7.30. The lowest BCUT2D eigenvalue weighted by Gasteiger charge is -2.23. The largest absolute Gasteiger partial charge is 0.308 e. The van der Waals surface area contributed by atoms with E-state index in [0.717, 1.165) is 12.1 Å². The molecule has 1 N–H and O–H groups in total. The van der Waals surface area contributed by atoms with E-state index in [-0.39, 0.29) is 11.9 Å². The molecule has 2 rings (SSSR count). The fourth-order valence-corrected chi connectivity index (χ4v) is 2.54. The van der Waals surface area contributed by atoms with Gasteiger partial charge in [0.05, 0.1) is 0 Å². The predicted octanol–water partition coefficient (Wildman–Crippen LogP) is 3.87. The van der Waals surface area contributed by atoms with Crippen LogP contribution in [-0.4, -0.2) is 25.5 Å². The van der Waals surface area contributed by atoms with Crippen molar-refractivity contribution >= 4 is 11.6 Å². The molecule has 0 saturated heterocycles. The first-order valence-electron chi connectivity index (χ1n) is 6.92. The third-order valence-corrected chi connectivity index (χ3v) is 3.44. The lowest BCUT2D eigenvalue weighted by atomic mass is 10.1. The number of nitrogens with zero attached hydrogens (tertiary/aromatic N) is 1. The molecule has 0 bridgehead atoms. The summed E-state index contributed by atoms with van der Waals surface area (Å²) >= 11 is 5.89. The maximum absolute atomic E-state index is 13.4. The van der Waals surface area contributed by atoms with E-state index in [1.54, 1.807) is 6.07 Å². The van der Waals surface area contributed by atoms with Crippen LogP contribution in [0, 0.1) is 5.82 Å². The molecular weight excluding hydrogens is 287 g/mol. The fraction of sp³-hybridized carbons (Fsp3) is 0.294. The van der Waals surface area contributed by atoms with Crippen molar-refractivity contribution in [3.8, 4) is 0 Å². The van der Waals surface area contributed by atoms with Crippen LogP contribution in [0.25, 0.3) is 0 Å². The van der Waals surface area contributed by atoms with Crippen molar-refractivity contribution in [2.75, 3.05) is 20.6 Å². The zero-order chi connectivity index (χ0) is 15.2. The van der Waals surface area contributed by atoms with Gasteiger partial charge in [-0.2, -0.15) is 0 Å². The van der Waals surface area contributed by atoms with E-state index in [2.05, 4.69) is 22.3 Å². The molecule has 0 aliphatic rings. The average molecular weight is 307 g/mol. The van der Waals surface area contributed by atoms with E-state index in [1.807, 2.05) is 32.3 Å². The molecule has 0 heterocycles. The highest BCUT2D eigenvalue weighted by atomic mass is 35.5. The van der Waals surface area contributed by atoms with Crippen LogP contribution >= 0.6 is 11.6 Å². The summed E-state index contributed by atoms with van der Waals surface area (Å²) in [5, 5.41) is 3.90. The van der Waals surface area contributed by atoms with Crippen LogP contribution in [0.2, 0.25) is 5.02 Å². The lowest BCUT2D eigenvalue weighted by molar-refractivity contribution is 0.340. The van der Waals surface area contributed by atoms with Crippen molar-refractivity contribution in [1.82, 2.24) is 10.2 Å². The van der Waals surface area contributed by atoms with Gasteiger partial charge >= 0.3 is 0 Å². The zero-order valence-corrected chi connectivity index (χ0v) is 13.1. The SMILES string of the molecule is CN(C)CC(NCc1cc(F)cc(Cl)c1)c1ccccc1. The van der Waals surface area contributed by atoms with Gasteiger partial charge in [-0.25, -0.2) is 4.39 Å². The molecule has 0 aromatic heterocycles. The molecule has 2 aromatic rings. The minimum atomic E-state index is -0.303. The molecule has 4 heteroatoms. The Hall–Kier alpha value is -1.42. The number of rotatable bonds is 6. The number of likely N-dealkylation sites (N-methyl/N-ethyl adjacent to an activating group) is 1. The highest BCUT2D eigenvalue weighted by molar-refractivity contribution is 6.30. The Labute approximate surface area is 130 Å². The summed E-state index contributed by atoms with van der Waals surface area (Å²) in [6.45, 7) is 1.44. The van der Waals surface area contributed by atoms with E-state index in [0.29, 0.717) is 11.6 Å². The topological polar surface area (TPSA) is 15.3 Å². The Morgan fingerprint density at radius 2 is 1.86 bits per heavy atom. The standard InChI is InChI=1S/C17H20ClFN2/c1-21(2)12-17(14-6-4-3-5-7-14)20-11-13-8-15(18)10-16(19)9-13/h3-10,17,20H,11-12H2,1-2H3. The van der Waals surface area contributed by atoms with Gasteiger partial charge in [0.2, 0.25) is 0 Å². The van der Waals surface area contributed by atoms with Crippen molar-refractivity contribution in [2.24, 2.45) is 0 Å². The molecule has 0 fully saturated rings. The van der Waals surface area contributed by atoms with Gasteiger partial charge in [-0.1, -0.05) is 41.9 Å². The number of hydrogen-bond acceptors (Lipinski definition) is 2. The van der Waals surface area contributed by atoms with E-state index in [9.17, 15) is 4.39 Å². The number of halogens is 2. The van der Waals surface area contributed by atoms with Gasteiger partial charge in [0, 0.05) is 24.2 Å². The van der Waals surface area contributed by atoms with E-state index in [4.69, 9.17) is 11.6 Å². The van der Waals surface area contributed by atoms with Crippen LogP contribution in [0.3, 0.4) is 0 Å². The molecule has 0 aliphatic heterocycles. The molecule has 0 aliphatic carbocycles. The van der Waals surface area contributed by atoms with E-state index >= 15 is 0 Å². The number of benzene rings is 2. The molecular formula is C17H20ClFN2. The molecule has 2 nitrogen and oxygen atoms in total. The Morgan fingerprint density at radius 1 is 1.14 bits per heavy atom. The Morgan fingerprint density at radius 3 is 2.48 bits per heavy atom. The van der Waals surface area contributed by atoms with Gasteiger partial charge in [0.25, 0.3) is 0 Å². The third kappa shape index (κ3) is 5.12.